The third-order valence-electron chi connectivity index (χ3n) is 3.16. The zero-order valence-electron chi connectivity index (χ0n) is 12.1. The molecule has 3 nitrogen and oxygen atoms in total. The SMILES string of the molecule is Cc1cccc(CN(C)Cc2ccc(C(N)=S)cc2F)n1. The highest BCUT2D eigenvalue weighted by Crippen LogP contribution is 2.14. The largest absolute Gasteiger partial charge is 0.389 e. The molecule has 0 bridgehead atoms. The number of aromatic nitrogens is 1. The molecular formula is C16H18FN3S. The monoisotopic (exact) mass is 303 g/mol. The normalized spacial score (nSPS) is 10.9. The van der Waals surface area contributed by atoms with Gasteiger partial charge in [0, 0.05) is 29.9 Å². The zero-order chi connectivity index (χ0) is 15.4. The standard InChI is InChI=1S/C16H18FN3S/c1-11-4-3-5-14(19-11)10-20(2)9-13-7-6-12(16(18)21)8-15(13)17/h3-8H,9-10H2,1-2H3,(H2,18,21). The summed E-state index contributed by atoms with van der Waals surface area (Å²) in [6.45, 7) is 3.12. The zero-order valence-corrected chi connectivity index (χ0v) is 13.0. The first-order valence-corrected chi connectivity index (χ1v) is 7.06. The Balaban J connectivity index is 2.06. The van der Waals surface area contributed by atoms with Crippen molar-refractivity contribution in [3.63, 3.8) is 0 Å². The van der Waals surface area contributed by atoms with E-state index in [0.29, 0.717) is 24.2 Å². The van der Waals surface area contributed by atoms with Crippen molar-refractivity contribution in [2.75, 3.05) is 7.05 Å². The third-order valence-corrected chi connectivity index (χ3v) is 3.39. The lowest BCUT2D eigenvalue weighted by atomic mass is 10.1. The van der Waals surface area contributed by atoms with Crippen LogP contribution in [0.25, 0.3) is 0 Å². The summed E-state index contributed by atoms with van der Waals surface area (Å²) in [6, 6.07) is 10.8. The van der Waals surface area contributed by atoms with E-state index in [4.69, 9.17) is 18.0 Å². The molecule has 110 valence electrons. The Morgan fingerprint density at radius 3 is 2.67 bits per heavy atom. The quantitative estimate of drug-likeness (QED) is 0.863. The Hall–Kier alpha value is -1.85. The number of hydrogen-bond acceptors (Lipinski definition) is 3. The first-order valence-electron chi connectivity index (χ1n) is 6.65. The molecule has 0 aliphatic rings. The van der Waals surface area contributed by atoms with E-state index in [1.54, 1.807) is 12.1 Å². The van der Waals surface area contributed by atoms with E-state index < -0.39 is 0 Å². The van der Waals surface area contributed by atoms with Crippen molar-refractivity contribution < 1.29 is 4.39 Å². The summed E-state index contributed by atoms with van der Waals surface area (Å²) in [5, 5.41) is 0. The molecule has 5 heteroatoms. The second-order valence-electron chi connectivity index (χ2n) is 5.11. The fourth-order valence-electron chi connectivity index (χ4n) is 2.14. The maximum atomic E-state index is 14.0. The van der Waals surface area contributed by atoms with E-state index >= 15 is 0 Å². The van der Waals surface area contributed by atoms with Crippen molar-refractivity contribution in [1.82, 2.24) is 9.88 Å². The molecule has 1 aromatic carbocycles. The molecule has 0 fully saturated rings. The second-order valence-corrected chi connectivity index (χ2v) is 5.55. The van der Waals surface area contributed by atoms with Crippen LogP contribution in [0.4, 0.5) is 4.39 Å². The minimum absolute atomic E-state index is 0.206. The first-order chi connectivity index (χ1) is 9.95. The molecule has 2 aromatic rings. The molecule has 2 N–H and O–H groups in total. The first kappa shape index (κ1) is 15.5. The Labute approximate surface area is 129 Å². The van der Waals surface area contributed by atoms with Gasteiger partial charge in [-0.1, -0.05) is 30.4 Å². The van der Waals surface area contributed by atoms with E-state index in [9.17, 15) is 4.39 Å². The molecule has 21 heavy (non-hydrogen) atoms. The van der Waals surface area contributed by atoms with Gasteiger partial charge in [0.15, 0.2) is 0 Å². The minimum Gasteiger partial charge on any atom is -0.389 e. The van der Waals surface area contributed by atoms with Crippen molar-refractivity contribution in [3.05, 3.63) is 64.7 Å². The maximum Gasteiger partial charge on any atom is 0.128 e. The van der Waals surface area contributed by atoms with E-state index in [1.807, 2.05) is 37.1 Å². The highest BCUT2D eigenvalue weighted by atomic mass is 32.1. The van der Waals surface area contributed by atoms with E-state index in [-0.39, 0.29) is 10.8 Å². The topological polar surface area (TPSA) is 42.1 Å². The molecule has 0 saturated carbocycles. The van der Waals surface area contributed by atoms with Crippen molar-refractivity contribution in [2.45, 2.75) is 20.0 Å². The minimum atomic E-state index is -0.288. The van der Waals surface area contributed by atoms with Crippen LogP contribution in [0.5, 0.6) is 0 Å². The van der Waals surface area contributed by atoms with Gasteiger partial charge < -0.3 is 5.73 Å². The van der Waals surface area contributed by atoms with Crippen molar-refractivity contribution in [2.24, 2.45) is 5.73 Å². The highest BCUT2D eigenvalue weighted by molar-refractivity contribution is 7.80. The van der Waals surface area contributed by atoms with Gasteiger partial charge in [-0.25, -0.2) is 4.39 Å². The predicted molar refractivity (Wildman–Crippen MR) is 86.4 cm³/mol. The molecular weight excluding hydrogens is 285 g/mol. The molecule has 0 spiro atoms. The molecule has 0 aliphatic heterocycles. The van der Waals surface area contributed by atoms with Gasteiger partial charge in [0.1, 0.15) is 10.8 Å². The second kappa shape index (κ2) is 6.74. The fourth-order valence-corrected chi connectivity index (χ4v) is 2.27. The van der Waals surface area contributed by atoms with Crippen molar-refractivity contribution in [1.29, 1.82) is 0 Å². The Kier molecular flexibility index (Phi) is 4.98. The van der Waals surface area contributed by atoms with Crippen LogP contribution in [0, 0.1) is 12.7 Å². The summed E-state index contributed by atoms with van der Waals surface area (Å²) < 4.78 is 14.0. The summed E-state index contributed by atoms with van der Waals surface area (Å²) in [5.41, 5.74) is 8.61. The van der Waals surface area contributed by atoms with Gasteiger partial charge in [-0.15, -0.1) is 0 Å². The van der Waals surface area contributed by atoms with E-state index in [1.165, 1.54) is 6.07 Å². The van der Waals surface area contributed by atoms with Crippen LogP contribution in [0.15, 0.2) is 36.4 Å². The van der Waals surface area contributed by atoms with Gasteiger partial charge in [-0.05, 0) is 32.2 Å². The number of aryl methyl sites for hydroxylation is 1. The molecule has 0 unspecified atom stereocenters. The van der Waals surface area contributed by atoms with Crippen LogP contribution >= 0.6 is 12.2 Å². The Bertz CT molecular complexity index is 658. The summed E-state index contributed by atoms with van der Waals surface area (Å²) >= 11 is 4.84. The number of pyridine rings is 1. The van der Waals surface area contributed by atoms with Crippen LogP contribution in [-0.2, 0) is 13.1 Å². The van der Waals surface area contributed by atoms with Crippen molar-refractivity contribution in [3.8, 4) is 0 Å². The van der Waals surface area contributed by atoms with Gasteiger partial charge in [-0.3, -0.25) is 9.88 Å². The molecule has 0 radical (unpaired) electrons. The molecule has 0 saturated heterocycles. The maximum absolute atomic E-state index is 14.0. The summed E-state index contributed by atoms with van der Waals surface area (Å²) in [7, 11) is 1.94. The van der Waals surface area contributed by atoms with E-state index in [0.717, 1.165) is 11.4 Å². The number of nitrogens with zero attached hydrogens (tertiary/aromatic N) is 2. The van der Waals surface area contributed by atoms with Gasteiger partial charge in [-0.2, -0.15) is 0 Å². The average Bonchev–Trinajstić information content (AvgIpc) is 2.40. The number of nitrogens with two attached hydrogens (primary N) is 1. The predicted octanol–water partition coefficient (Wildman–Crippen LogP) is 2.80. The van der Waals surface area contributed by atoms with Crippen LogP contribution in [0.2, 0.25) is 0 Å². The molecule has 2 rings (SSSR count). The number of thiocarbonyl (C=S) groups is 1. The van der Waals surface area contributed by atoms with Gasteiger partial charge in [0.25, 0.3) is 0 Å². The smallest absolute Gasteiger partial charge is 0.128 e. The molecule has 0 atom stereocenters. The number of hydrogen-bond donors (Lipinski definition) is 1. The van der Waals surface area contributed by atoms with Gasteiger partial charge in [0.2, 0.25) is 0 Å². The van der Waals surface area contributed by atoms with Crippen LogP contribution in [0.1, 0.15) is 22.5 Å². The highest BCUT2D eigenvalue weighted by Gasteiger charge is 2.09. The van der Waals surface area contributed by atoms with Gasteiger partial charge in [0.05, 0.1) is 5.69 Å². The molecule has 1 heterocycles. The van der Waals surface area contributed by atoms with Crippen LogP contribution < -0.4 is 5.73 Å². The molecule has 0 aliphatic carbocycles. The third kappa shape index (κ3) is 4.31. The summed E-state index contributed by atoms with van der Waals surface area (Å²) in [6.07, 6.45) is 0. The number of benzene rings is 1. The van der Waals surface area contributed by atoms with Gasteiger partial charge >= 0.3 is 0 Å². The summed E-state index contributed by atoms with van der Waals surface area (Å²) in [5.74, 6) is -0.288. The lowest BCUT2D eigenvalue weighted by molar-refractivity contribution is 0.309. The van der Waals surface area contributed by atoms with Crippen LogP contribution in [-0.4, -0.2) is 21.9 Å². The van der Waals surface area contributed by atoms with E-state index in [2.05, 4.69) is 4.98 Å². The van der Waals surface area contributed by atoms with Crippen LogP contribution in [0.3, 0.4) is 0 Å². The summed E-state index contributed by atoms with van der Waals surface area (Å²) in [4.78, 5) is 6.67. The Morgan fingerprint density at radius 1 is 1.29 bits per heavy atom. The lowest BCUT2D eigenvalue weighted by Gasteiger charge is -2.17. The number of halogens is 1. The molecule has 0 amide bonds. The Morgan fingerprint density at radius 2 is 2.05 bits per heavy atom. The average molecular weight is 303 g/mol. The lowest BCUT2D eigenvalue weighted by Crippen LogP contribution is -2.19. The molecule has 1 aromatic heterocycles. The van der Waals surface area contributed by atoms with Crippen molar-refractivity contribution >= 4 is 17.2 Å². The fraction of sp³-hybridized carbons (Fsp3) is 0.250. The number of rotatable bonds is 5.